The smallest absolute Gasteiger partial charge is 0.251 e. The van der Waals surface area contributed by atoms with Gasteiger partial charge in [0.15, 0.2) is 5.16 Å². The molecule has 30 heavy (non-hydrogen) atoms. The highest BCUT2D eigenvalue weighted by Gasteiger charge is 2.03. The second-order valence-electron chi connectivity index (χ2n) is 7.92. The maximum atomic E-state index is 11.8. The molecule has 1 rings (SSSR count). The zero-order valence-corrected chi connectivity index (χ0v) is 20.2. The summed E-state index contributed by atoms with van der Waals surface area (Å²) in [5.41, 5.74) is 0.863. The van der Waals surface area contributed by atoms with Crippen LogP contribution in [-0.2, 0) is 11.2 Å². The SMILES string of the molecule is CCCCCCCCC=CCCCCCCCc1cc(=O)[nH]c(SCCOCC)n1. The molecule has 0 aliphatic rings. The van der Waals surface area contributed by atoms with Crippen LogP contribution in [0.15, 0.2) is 28.2 Å². The second-order valence-corrected chi connectivity index (χ2v) is 9.01. The third kappa shape index (κ3) is 15.7. The minimum atomic E-state index is -0.0494. The molecule has 0 spiro atoms. The largest absolute Gasteiger partial charge is 0.381 e. The molecule has 172 valence electrons. The van der Waals surface area contributed by atoms with Gasteiger partial charge in [0.2, 0.25) is 0 Å². The Morgan fingerprint density at radius 1 is 0.933 bits per heavy atom. The van der Waals surface area contributed by atoms with Gasteiger partial charge < -0.3 is 9.72 Å². The van der Waals surface area contributed by atoms with Gasteiger partial charge in [0.1, 0.15) is 0 Å². The van der Waals surface area contributed by atoms with Gasteiger partial charge in [0, 0.05) is 24.1 Å². The molecule has 1 heterocycles. The van der Waals surface area contributed by atoms with Gasteiger partial charge in [-0.25, -0.2) is 4.98 Å². The Labute approximate surface area is 188 Å². The molecule has 0 bridgehead atoms. The van der Waals surface area contributed by atoms with Crippen LogP contribution in [0.1, 0.15) is 103 Å². The number of nitrogens with zero attached hydrogens (tertiary/aromatic N) is 1. The number of ether oxygens (including phenoxy) is 1. The minimum Gasteiger partial charge on any atom is -0.381 e. The van der Waals surface area contributed by atoms with Crippen LogP contribution in [0.4, 0.5) is 0 Å². The highest BCUT2D eigenvalue weighted by Crippen LogP contribution is 2.13. The zero-order valence-electron chi connectivity index (χ0n) is 19.4. The van der Waals surface area contributed by atoms with Crippen LogP contribution in [0.2, 0.25) is 0 Å². The first-order valence-electron chi connectivity index (χ1n) is 12.2. The average molecular weight is 437 g/mol. The number of aryl methyl sites for hydroxylation is 1. The molecule has 0 aliphatic heterocycles. The summed E-state index contributed by atoms with van der Waals surface area (Å²) in [6, 6.07) is 1.64. The van der Waals surface area contributed by atoms with Crippen molar-refractivity contribution in [2.24, 2.45) is 0 Å². The summed E-state index contributed by atoms with van der Waals surface area (Å²) >= 11 is 1.55. The van der Waals surface area contributed by atoms with Crippen molar-refractivity contribution >= 4 is 11.8 Å². The molecule has 0 fully saturated rings. The maximum Gasteiger partial charge on any atom is 0.251 e. The Balaban J connectivity index is 2.01. The number of hydrogen-bond acceptors (Lipinski definition) is 4. The maximum absolute atomic E-state index is 11.8. The van der Waals surface area contributed by atoms with E-state index in [0.29, 0.717) is 11.8 Å². The van der Waals surface area contributed by atoms with Crippen LogP contribution >= 0.6 is 11.8 Å². The summed E-state index contributed by atoms with van der Waals surface area (Å²) in [6.07, 6.45) is 22.6. The lowest BCUT2D eigenvalue weighted by atomic mass is 10.1. The van der Waals surface area contributed by atoms with Crippen LogP contribution in [0, 0.1) is 0 Å². The molecule has 0 unspecified atom stereocenters. The monoisotopic (exact) mass is 436 g/mol. The number of rotatable bonds is 20. The molecule has 0 aromatic carbocycles. The summed E-state index contributed by atoms with van der Waals surface area (Å²) in [5.74, 6) is 0.813. The van der Waals surface area contributed by atoms with Crippen molar-refractivity contribution < 1.29 is 4.74 Å². The fourth-order valence-electron chi connectivity index (χ4n) is 3.40. The highest BCUT2D eigenvalue weighted by atomic mass is 32.2. The van der Waals surface area contributed by atoms with Crippen molar-refractivity contribution in [3.8, 4) is 0 Å². The first-order valence-corrected chi connectivity index (χ1v) is 13.2. The lowest BCUT2D eigenvalue weighted by molar-refractivity contribution is 0.164. The van der Waals surface area contributed by atoms with Crippen LogP contribution in [-0.4, -0.2) is 28.9 Å². The molecule has 1 aromatic rings. The fourth-order valence-corrected chi connectivity index (χ4v) is 4.15. The van der Waals surface area contributed by atoms with Crippen LogP contribution in [0.5, 0.6) is 0 Å². The summed E-state index contributed by atoms with van der Waals surface area (Å²) in [5, 5.41) is 0.713. The molecule has 0 radical (unpaired) electrons. The van der Waals surface area contributed by atoms with Crippen LogP contribution < -0.4 is 5.56 Å². The number of nitrogens with one attached hydrogen (secondary N) is 1. The van der Waals surface area contributed by atoms with Crippen molar-refractivity contribution in [3.05, 3.63) is 34.3 Å². The number of hydrogen-bond donors (Lipinski definition) is 1. The Hall–Kier alpha value is -1.07. The van der Waals surface area contributed by atoms with E-state index in [2.05, 4.69) is 29.0 Å². The standard InChI is InChI=1S/C25H44N2O2S/c1-3-5-6-7-8-9-10-11-12-13-14-15-16-17-18-19-23-22-24(28)27-25(26-23)30-21-20-29-4-2/h11-12,22H,3-10,13-21H2,1-2H3,(H,26,27,28). The first kappa shape index (κ1) is 27.0. The van der Waals surface area contributed by atoms with E-state index in [-0.39, 0.29) is 5.56 Å². The lowest BCUT2D eigenvalue weighted by Crippen LogP contribution is -2.10. The summed E-state index contributed by atoms with van der Waals surface area (Å²) < 4.78 is 5.33. The van der Waals surface area contributed by atoms with Gasteiger partial charge in [0.25, 0.3) is 5.56 Å². The highest BCUT2D eigenvalue weighted by molar-refractivity contribution is 7.99. The number of H-pyrrole nitrogens is 1. The number of thioether (sulfide) groups is 1. The first-order chi connectivity index (χ1) is 14.8. The van der Waals surface area contributed by atoms with Crippen LogP contribution in [0.3, 0.4) is 0 Å². The van der Waals surface area contributed by atoms with E-state index in [9.17, 15) is 4.79 Å². The molecular formula is C25H44N2O2S. The lowest BCUT2D eigenvalue weighted by Gasteiger charge is -2.05. The van der Waals surface area contributed by atoms with E-state index in [1.807, 2.05) is 6.92 Å². The molecule has 0 aliphatic carbocycles. The summed E-state index contributed by atoms with van der Waals surface area (Å²) in [6.45, 7) is 5.66. The Morgan fingerprint density at radius 3 is 2.23 bits per heavy atom. The van der Waals surface area contributed by atoms with Crippen molar-refractivity contribution in [2.75, 3.05) is 19.0 Å². The predicted molar refractivity (Wildman–Crippen MR) is 131 cm³/mol. The van der Waals surface area contributed by atoms with Crippen LogP contribution in [0.25, 0.3) is 0 Å². The molecule has 0 atom stereocenters. The van der Waals surface area contributed by atoms with Gasteiger partial charge in [-0.05, 0) is 45.4 Å². The van der Waals surface area contributed by atoms with E-state index in [1.54, 1.807) is 17.8 Å². The fraction of sp³-hybridized carbons (Fsp3) is 0.760. The number of aromatic amines is 1. The normalized spacial score (nSPS) is 11.5. The van der Waals surface area contributed by atoms with Gasteiger partial charge in [-0.3, -0.25) is 4.79 Å². The molecule has 0 saturated carbocycles. The van der Waals surface area contributed by atoms with Gasteiger partial charge in [-0.15, -0.1) is 0 Å². The number of unbranched alkanes of at least 4 members (excludes halogenated alkanes) is 11. The van der Waals surface area contributed by atoms with E-state index < -0.39 is 0 Å². The van der Waals surface area contributed by atoms with E-state index in [0.717, 1.165) is 30.9 Å². The number of allylic oxidation sites excluding steroid dienone is 2. The van der Waals surface area contributed by atoms with E-state index in [1.165, 1.54) is 77.0 Å². The molecule has 0 saturated heterocycles. The summed E-state index contributed by atoms with van der Waals surface area (Å²) in [7, 11) is 0. The van der Waals surface area contributed by atoms with Gasteiger partial charge in [-0.2, -0.15) is 0 Å². The Bertz CT molecular complexity index is 601. The van der Waals surface area contributed by atoms with Crippen molar-refractivity contribution in [2.45, 2.75) is 109 Å². The van der Waals surface area contributed by atoms with E-state index in [4.69, 9.17) is 4.74 Å². The Morgan fingerprint density at radius 2 is 1.57 bits per heavy atom. The average Bonchev–Trinajstić information content (AvgIpc) is 2.74. The molecule has 1 aromatic heterocycles. The minimum absolute atomic E-state index is 0.0494. The molecule has 0 amide bonds. The molecular weight excluding hydrogens is 392 g/mol. The topological polar surface area (TPSA) is 55.0 Å². The number of aromatic nitrogens is 2. The van der Waals surface area contributed by atoms with Crippen molar-refractivity contribution in [3.63, 3.8) is 0 Å². The molecule has 5 heteroatoms. The Kier molecular flexibility index (Phi) is 17.9. The van der Waals surface area contributed by atoms with Crippen molar-refractivity contribution in [1.29, 1.82) is 0 Å². The predicted octanol–water partition coefficient (Wildman–Crippen LogP) is 7.09. The van der Waals surface area contributed by atoms with E-state index >= 15 is 0 Å². The van der Waals surface area contributed by atoms with Gasteiger partial charge in [-0.1, -0.05) is 82.2 Å². The second kappa shape index (κ2) is 19.9. The summed E-state index contributed by atoms with van der Waals surface area (Å²) in [4.78, 5) is 19.2. The third-order valence-corrected chi connectivity index (χ3v) is 5.98. The van der Waals surface area contributed by atoms with Gasteiger partial charge in [0.05, 0.1) is 6.61 Å². The zero-order chi connectivity index (χ0) is 21.7. The van der Waals surface area contributed by atoms with Gasteiger partial charge >= 0.3 is 0 Å². The van der Waals surface area contributed by atoms with Crippen molar-refractivity contribution in [1.82, 2.24) is 9.97 Å². The molecule has 1 N–H and O–H groups in total. The third-order valence-electron chi connectivity index (χ3n) is 5.14. The quantitative estimate of drug-likeness (QED) is 0.103. The molecule has 4 nitrogen and oxygen atoms in total.